The summed E-state index contributed by atoms with van der Waals surface area (Å²) in [6, 6.07) is 19.4. The molecule has 6 heteroatoms. The molecule has 0 aliphatic heterocycles. The van der Waals surface area contributed by atoms with Gasteiger partial charge in [0.05, 0.1) is 11.7 Å². The zero-order chi connectivity index (χ0) is 23.8. The third-order valence-corrected chi connectivity index (χ3v) is 5.58. The second kappa shape index (κ2) is 11.5. The van der Waals surface area contributed by atoms with Gasteiger partial charge in [-0.2, -0.15) is 0 Å². The Morgan fingerprint density at radius 3 is 2.36 bits per heavy atom. The monoisotopic (exact) mass is 449 g/mol. The molecule has 0 spiro atoms. The lowest BCUT2D eigenvalue weighted by atomic mass is 9.95. The number of nitrogens with one attached hydrogen (secondary N) is 1. The van der Waals surface area contributed by atoms with Crippen LogP contribution in [0.4, 0.5) is 0 Å². The lowest BCUT2D eigenvalue weighted by Gasteiger charge is -2.21. The van der Waals surface area contributed by atoms with E-state index >= 15 is 0 Å². The number of aliphatic hydroxyl groups excluding tert-OH is 1. The average Bonchev–Trinajstić information content (AvgIpc) is 2.82. The Bertz CT molecular complexity index is 1050. The molecule has 3 aromatic rings. The third kappa shape index (κ3) is 6.57. The van der Waals surface area contributed by atoms with Gasteiger partial charge in [-0.05, 0) is 72.0 Å². The van der Waals surface area contributed by atoms with Gasteiger partial charge >= 0.3 is 5.97 Å². The largest absolute Gasteiger partial charge is 0.508 e. The minimum Gasteiger partial charge on any atom is -0.508 e. The first-order chi connectivity index (χ1) is 15.9. The number of ether oxygens (including phenoxy) is 1. The summed E-state index contributed by atoms with van der Waals surface area (Å²) in [6.45, 7) is 4.98. The van der Waals surface area contributed by atoms with Crippen molar-refractivity contribution >= 4 is 5.97 Å². The van der Waals surface area contributed by atoms with E-state index in [1.165, 1.54) is 0 Å². The SMILES string of the molecule is CCCc1cc(C(=O)O)ccc1-c1ccc(OCCN[C@H](C)[C@@H](O)c2ccc(O)cc2)cc1. The number of rotatable bonds is 11. The molecule has 0 saturated heterocycles. The fourth-order valence-corrected chi connectivity index (χ4v) is 3.74. The van der Waals surface area contributed by atoms with Crippen LogP contribution in [-0.2, 0) is 6.42 Å². The van der Waals surface area contributed by atoms with Crippen LogP contribution >= 0.6 is 0 Å². The van der Waals surface area contributed by atoms with Crippen LogP contribution in [0.25, 0.3) is 11.1 Å². The van der Waals surface area contributed by atoms with Crippen LogP contribution in [0.3, 0.4) is 0 Å². The summed E-state index contributed by atoms with van der Waals surface area (Å²) in [5.41, 5.74) is 4.12. The van der Waals surface area contributed by atoms with Gasteiger partial charge in [0.2, 0.25) is 0 Å². The Kier molecular flexibility index (Phi) is 8.46. The molecule has 0 aliphatic carbocycles. The Morgan fingerprint density at radius 1 is 1.03 bits per heavy atom. The number of carboxylic acid groups (broad SMARTS) is 1. The molecule has 0 amide bonds. The van der Waals surface area contributed by atoms with Gasteiger partial charge in [-0.15, -0.1) is 0 Å². The number of aliphatic hydroxyl groups is 1. The first kappa shape index (κ1) is 24.3. The number of hydrogen-bond donors (Lipinski definition) is 4. The highest BCUT2D eigenvalue weighted by Crippen LogP contribution is 2.28. The predicted octanol–water partition coefficient (Wildman–Crippen LogP) is 4.80. The van der Waals surface area contributed by atoms with Crippen LogP contribution in [0.5, 0.6) is 11.5 Å². The molecule has 33 heavy (non-hydrogen) atoms. The van der Waals surface area contributed by atoms with E-state index in [0.29, 0.717) is 18.7 Å². The minimum atomic E-state index is -0.916. The molecule has 0 aromatic heterocycles. The van der Waals surface area contributed by atoms with Crippen molar-refractivity contribution < 1.29 is 24.9 Å². The number of benzene rings is 3. The van der Waals surface area contributed by atoms with E-state index in [0.717, 1.165) is 40.8 Å². The Labute approximate surface area is 194 Å². The highest BCUT2D eigenvalue weighted by molar-refractivity contribution is 5.89. The number of carbonyl (C=O) groups is 1. The third-order valence-electron chi connectivity index (χ3n) is 5.58. The normalized spacial score (nSPS) is 12.8. The molecule has 0 aliphatic rings. The second-order valence-corrected chi connectivity index (χ2v) is 8.08. The summed E-state index contributed by atoms with van der Waals surface area (Å²) in [5, 5.41) is 32.3. The molecule has 0 bridgehead atoms. The van der Waals surface area contributed by atoms with Crippen LogP contribution in [-0.4, -0.2) is 40.5 Å². The van der Waals surface area contributed by atoms with Gasteiger partial charge in [0, 0.05) is 12.6 Å². The van der Waals surface area contributed by atoms with Crippen molar-refractivity contribution in [2.75, 3.05) is 13.2 Å². The van der Waals surface area contributed by atoms with Crippen molar-refractivity contribution in [3.63, 3.8) is 0 Å². The quantitative estimate of drug-likeness (QED) is 0.314. The summed E-state index contributed by atoms with van der Waals surface area (Å²) in [6.07, 6.45) is 1.06. The average molecular weight is 450 g/mol. The Balaban J connectivity index is 1.54. The van der Waals surface area contributed by atoms with Crippen molar-refractivity contribution in [2.45, 2.75) is 38.8 Å². The van der Waals surface area contributed by atoms with Crippen LogP contribution in [0.15, 0.2) is 66.7 Å². The molecule has 0 unspecified atom stereocenters. The Hall–Kier alpha value is -3.35. The molecule has 0 fully saturated rings. The van der Waals surface area contributed by atoms with E-state index in [1.54, 1.807) is 36.4 Å². The molecule has 4 N–H and O–H groups in total. The standard InChI is InChI=1S/C27H31NO5/c1-3-4-21-17-22(27(31)32)9-14-25(21)19-7-12-24(13-8-19)33-16-15-28-18(2)26(30)20-5-10-23(29)11-6-20/h5-14,17-18,26,28-30H,3-4,15-16H2,1-2H3,(H,31,32)/t18-,26-/m1/s1. The van der Waals surface area contributed by atoms with Crippen LogP contribution in [0, 0.1) is 0 Å². The zero-order valence-corrected chi connectivity index (χ0v) is 19.0. The van der Waals surface area contributed by atoms with Crippen molar-refractivity contribution in [3.8, 4) is 22.6 Å². The number of aromatic hydroxyl groups is 1. The predicted molar refractivity (Wildman–Crippen MR) is 129 cm³/mol. The highest BCUT2D eigenvalue weighted by atomic mass is 16.5. The van der Waals surface area contributed by atoms with E-state index in [-0.39, 0.29) is 11.8 Å². The van der Waals surface area contributed by atoms with Crippen LogP contribution in [0.1, 0.15) is 47.9 Å². The molecule has 6 nitrogen and oxygen atoms in total. The number of hydrogen-bond acceptors (Lipinski definition) is 5. The number of phenols is 1. The van der Waals surface area contributed by atoms with Crippen LogP contribution in [0.2, 0.25) is 0 Å². The smallest absolute Gasteiger partial charge is 0.335 e. The number of phenolic OH excluding ortho intramolecular Hbond substituents is 1. The molecule has 3 rings (SSSR count). The molecule has 0 heterocycles. The fourth-order valence-electron chi connectivity index (χ4n) is 3.74. The minimum absolute atomic E-state index is 0.171. The summed E-state index contributed by atoms with van der Waals surface area (Å²) < 4.78 is 5.82. The first-order valence-corrected chi connectivity index (χ1v) is 11.2. The van der Waals surface area contributed by atoms with E-state index in [2.05, 4.69) is 12.2 Å². The van der Waals surface area contributed by atoms with Gasteiger partial charge in [0.25, 0.3) is 0 Å². The van der Waals surface area contributed by atoms with Gasteiger partial charge in [0.1, 0.15) is 18.1 Å². The van der Waals surface area contributed by atoms with Crippen molar-refractivity contribution in [2.24, 2.45) is 0 Å². The highest BCUT2D eigenvalue weighted by Gasteiger charge is 2.15. The molecule has 174 valence electrons. The maximum atomic E-state index is 11.3. The molecular weight excluding hydrogens is 418 g/mol. The molecule has 3 aromatic carbocycles. The van der Waals surface area contributed by atoms with E-state index < -0.39 is 12.1 Å². The molecule has 0 radical (unpaired) electrons. The van der Waals surface area contributed by atoms with Gasteiger partial charge < -0.3 is 25.4 Å². The first-order valence-electron chi connectivity index (χ1n) is 11.2. The van der Waals surface area contributed by atoms with Gasteiger partial charge in [-0.1, -0.05) is 43.7 Å². The topological polar surface area (TPSA) is 99.0 Å². The lowest BCUT2D eigenvalue weighted by Crippen LogP contribution is -2.35. The van der Waals surface area contributed by atoms with Gasteiger partial charge in [-0.25, -0.2) is 4.79 Å². The number of aromatic carboxylic acids is 1. The van der Waals surface area contributed by atoms with E-state index in [4.69, 9.17) is 4.74 Å². The summed E-state index contributed by atoms with van der Waals surface area (Å²) in [4.78, 5) is 11.3. The van der Waals surface area contributed by atoms with Crippen molar-refractivity contribution in [1.82, 2.24) is 5.32 Å². The summed E-state index contributed by atoms with van der Waals surface area (Å²) in [7, 11) is 0. The molecule has 0 saturated carbocycles. The molecule has 2 atom stereocenters. The maximum Gasteiger partial charge on any atom is 0.335 e. The second-order valence-electron chi connectivity index (χ2n) is 8.08. The summed E-state index contributed by atoms with van der Waals surface area (Å²) >= 11 is 0. The zero-order valence-electron chi connectivity index (χ0n) is 19.0. The van der Waals surface area contributed by atoms with Crippen molar-refractivity contribution in [3.05, 3.63) is 83.4 Å². The van der Waals surface area contributed by atoms with Gasteiger partial charge in [0.15, 0.2) is 0 Å². The molecular formula is C27H31NO5. The Morgan fingerprint density at radius 2 is 1.73 bits per heavy atom. The summed E-state index contributed by atoms with van der Waals surface area (Å²) in [5.74, 6) is -0.00232. The maximum absolute atomic E-state index is 11.3. The van der Waals surface area contributed by atoms with E-state index in [9.17, 15) is 20.1 Å². The fraction of sp³-hybridized carbons (Fsp3) is 0.296. The lowest BCUT2D eigenvalue weighted by molar-refractivity contribution is 0.0696. The van der Waals surface area contributed by atoms with Gasteiger partial charge in [-0.3, -0.25) is 0 Å². The van der Waals surface area contributed by atoms with Crippen LogP contribution < -0.4 is 10.1 Å². The number of aryl methyl sites for hydroxylation is 1. The van der Waals surface area contributed by atoms with E-state index in [1.807, 2.05) is 37.3 Å². The number of carboxylic acids is 1. The van der Waals surface area contributed by atoms with Crippen molar-refractivity contribution in [1.29, 1.82) is 0 Å².